The van der Waals surface area contributed by atoms with Gasteiger partial charge >= 0.3 is 0 Å². The molecule has 0 atom stereocenters. The van der Waals surface area contributed by atoms with Crippen molar-refractivity contribution in [3.05, 3.63) is 96.0 Å². The summed E-state index contributed by atoms with van der Waals surface area (Å²) in [6.45, 7) is 0. The van der Waals surface area contributed by atoms with Crippen molar-refractivity contribution in [1.82, 2.24) is 10.2 Å². The zero-order chi connectivity index (χ0) is 18.9. The first-order valence-corrected chi connectivity index (χ1v) is 9.43. The van der Waals surface area contributed by atoms with E-state index >= 15 is 0 Å². The van der Waals surface area contributed by atoms with Crippen molar-refractivity contribution >= 4 is 44.7 Å². The van der Waals surface area contributed by atoms with Gasteiger partial charge in [-0.1, -0.05) is 84.4 Å². The lowest BCUT2D eigenvalue weighted by Crippen LogP contribution is -1.99. The first-order chi connectivity index (χ1) is 13.8. The lowest BCUT2D eigenvalue weighted by atomic mass is 10.0. The minimum atomic E-state index is 0.704. The van der Waals surface area contributed by atoms with E-state index < -0.39 is 0 Å². The molecule has 5 rings (SSSR count). The van der Waals surface area contributed by atoms with Crippen LogP contribution in [-0.4, -0.2) is 10.2 Å². The van der Waals surface area contributed by atoms with Gasteiger partial charge in [0.05, 0.1) is 0 Å². The number of halogens is 1. The van der Waals surface area contributed by atoms with Crippen LogP contribution >= 0.6 is 11.6 Å². The molecular formula is C24H16ClN3. The Hall–Kier alpha value is -3.43. The number of benzene rings is 4. The van der Waals surface area contributed by atoms with Crippen LogP contribution in [0, 0.1) is 0 Å². The third kappa shape index (κ3) is 2.96. The highest BCUT2D eigenvalue weighted by atomic mass is 35.5. The normalized spacial score (nSPS) is 11.0. The fraction of sp³-hybridized carbons (Fsp3) is 0. The van der Waals surface area contributed by atoms with Gasteiger partial charge in [-0.15, -0.1) is 10.2 Å². The molecule has 1 N–H and O–H groups in total. The van der Waals surface area contributed by atoms with E-state index in [0.29, 0.717) is 5.02 Å². The van der Waals surface area contributed by atoms with Gasteiger partial charge in [-0.3, -0.25) is 0 Å². The van der Waals surface area contributed by atoms with Gasteiger partial charge in [0, 0.05) is 32.4 Å². The number of nitrogens with zero attached hydrogens (tertiary/aromatic N) is 2. The maximum Gasteiger partial charge on any atom is 0.161 e. The molecule has 4 aromatic carbocycles. The van der Waals surface area contributed by atoms with E-state index in [1.54, 1.807) is 0 Å². The van der Waals surface area contributed by atoms with E-state index in [-0.39, 0.29) is 0 Å². The van der Waals surface area contributed by atoms with Gasteiger partial charge in [0.1, 0.15) is 5.69 Å². The zero-order valence-electron chi connectivity index (χ0n) is 14.9. The molecule has 1 heterocycles. The van der Waals surface area contributed by atoms with Crippen molar-refractivity contribution in [1.29, 1.82) is 0 Å². The molecular weight excluding hydrogens is 366 g/mol. The molecule has 5 aromatic rings. The Kier molecular flexibility index (Phi) is 4.15. The average molecular weight is 382 g/mol. The van der Waals surface area contributed by atoms with Crippen LogP contribution in [0.5, 0.6) is 0 Å². The van der Waals surface area contributed by atoms with E-state index in [4.69, 9.17) is 11.6 Å². The largest absolute Gasteiger partial charge is 0.338 e. The summed E-state index contributed by atoms with van der Waals surface area (Å²) in [6.07, 6.45) is 0. The van der Waals surface area contributed by atoms with Crippen molar-refractivity contribution in [2.75, 3.05) is 5.32 Å². The number of aromatic nitrogens is 2. The van der Waals surface area contributed by atoms with E-state index in [0.717, 1.165) is 38.9 Å². The van der Waals surface area contributed by atoms with Crippen molar-refractivity contribution in [3.8, 4) is 11.3 Å². The van der Waals surface area contributed by atoms with Crippen LogP contribution in [0.3, 0.4) is 0 Å². The van der Waals surface area contributed by atoms with E-state index in [2.05, 4.69) is 51.9 Å². The molecule has 0 unspecified atom stereocenters. The predicted octanol–water partition coefficient (Wildman–Crippen LogP) is 6.85. The SMILES string of the molecule is Clc1ccc(-c2nnc(Nc3cccc4ccccc34)c3ccccc23)cc1. The van der Waals surface area contributed by atoms with E-state index in [1.165, 1.54) is 5.39 Å². The Morgan fingerprint density at radius 3 is 2.11 bits per heavy atom. The van der Waals surface area contributed by atoms with Crippen molar-refractivity contribution in [2.45, 2.75) is 0 Å². The van der Waals surface area contributed by atoms with Crippen LogP contribution in [0.25, 0.3) is 32.8 Å². The highest BCUT2D eigenvalue weighted by Gasteiger charge is 2.12. The molecule has 0 spiro atoms. The van der Waals surface area contributed by atoms with Gasteiger partial charge in [-0.05, 0) is 23.6 Å². The Balaban J connectivity index is 1.65. The Bertz CT molecular complexity index is 1290. The first-order valence-electron chi connectivity index (χ1n) is 9.06. The van der Waals surface area contributed by atoms with Crippen LogP contribution in [0.1, 0.15) is 0 Å². The average Bonchev–Trinajstić information content (AvgIpc) is 2.75. The zero-order valence-corrected chi connectivity index (χ0v) is 15.7. The third-order valence-electron chi connectivity index (χ3n) is 4.85. The Morgan fingerprint density at radius 2 is 1.29 bits per heavy atom. The minimum absolute atomic E-state index is 0.704. The number of anilines is 2. The van der Waals surface area contributed by atoms with E-state index in [9.17, 15) is 0 Å². The topological polar surface area (TPSA) is 37.8 Å². The molecule has 0 fully saturated rings. The summed E-state index contributed by atoms with van der Waals surface area (Å²) >= 11 is 6.03. The Morgan fingerprint density at radius 1 is 0.607 bits per heavy atom. The molecule has 0 bridgehead atoms. The summed E-state index contributed by atoms with van der Waals surface area (Å²) in [6, 6.07) is 30.4. The van der Waals surface area contributed by atoms with E-state index in [1.807, 2.05) is 54.6 Å². The van der Waals surface area contributed by atoms with Gasteiger partial charge < -0.3 is 5.32 Å². The first kappa shape index (κ1) is 16.7. The fourth-order valence-electron chi connectivity index (χ4n) is 3.48. The molecule has 0 radical (unpaired) electrons. The number of fused-ring (bicyclic) bond motifs is 2. The monoisotopic (exact) mass is 381 g/mol. The molecule has 0 aliphatic rings. The molecule has 3 nitrogen and oxygen atoms in total. The smallest absolute Gasteiger partial charge is 0.161 e. The molecule has 0 amide bonds. The summed E-state index contributed by atoms with van der Waals surface area (Å²) in [7, 11) is 0. The van der Waals surface area contributed by atoms with Gasteiger partial charge in [-0.2, -0.15) is 0 Å². The molecule has 0 saturated carbocycles. The van der Waals surface area contributed by atoms with Crippen LogP contribution in [-0.2, 0) is 0 Å². The maximum absolute atomic E-state index is 6.03. The second-order valence-corrected chi connectivity index (χ2v) is 7.04. The summed E-state index contributed by atoms with van der Waals surface area (Å²) in [5.74, 6) is 0.740. The molecule has 4 heteroatoms. The number of nitrogens with one attached hydrogen (secondary N) is 1. The lowest BCUT2D eigenvalue weighted by Gasteiger charge is -2.13. The summed E-state index contributed by atoms with van der Waals surface area (Å²) < 4.78 is 0. The van der Waals surface area contributed by atoms with Gasteiger partial charge in [0.2, 0.25) is 0 Å². The lowest BCUT2D eigenvalue weighted by molar-refractivity contribution is 1.06. The van der Waals surface area contributed by atoms with Crippen LogP contribution in [0.2, 0.25) is 5.02 Å². The highest BCUT2D eigenvalue weighted by Crippen LogP contribution is 2.33. The van der Waals surface area contributed by atoms with Crippen molar-refractivity contribution < 1.29 is 0 Å². The standard InChI is InChI=1S/C24H16ClN3/c25-18-14-12-17(13-15-18)23-20-9-3-4-10-21(20)24(28-27-23)26-22-11-5-7-16-6-1-2-8-19(16)22/h1-15H,(H,26,28). The highest BCUT2D eigenvalue weighted by molar-refractivity contribution is 6.30. The summed E-state index contributed by atoms with van der Waals surface area (Å²) in [5, 5.41) is 17.6. The van der Waals surface area contributed by atoms with Crippen LogP contribution < -0.4 is 5.32 Å². The predicted molar refractivity (Wildman–Crippen MR) is 117 cm³/mol. The van der Waals surface area contributed by atoms with Crippen molar-refractivity contribution in [2.24, 2.45) is 0 Å². The van der Waals surface area contributed by atoms with Crippen LogP contribution in [0.15, 0.2) is 91.0 Å². The third-order valence-corrected chi connectivity index (χ3v) is 5.10. The molecule has 0 aliphatic carbocycles. The second-order valence-electron chi connectivity index (χ2n) is 6.60. The molecule has 1 aromatic heterocycles. The van der Waals surface area contributed by atoms with Gasteiger partial charge in [0.25, 0.3) is 0 Å². The Labute approximate surface area is 167 Å². The number of hydrogen-bond donors (Lipinski definition) is 1. The number of hydrogen-bond acceptors (Lipinski definition) is 3. The molecule has 0 aliphatic heterocycles. The summed E-state index contributed by atoms with van der Waals surface area (Å²) in [5.41, 5.74) is 2.84. The summed E-state index contributed by atoms with van der Waals surface area (Å²) in [4.78, 5) is 0. The second kappa shape index (κ2) is 6.95. The minimum Gasteiger partial charge on any atom is -0.338 e. The fourth-order valence-corrected chi connectivity index (χ4v) is 3.61. The number of rotatable bonds is 3. The van der Waals surface area contributed by atoms with Crippen molar-refractivity contribution in [3.63, 3.8) is 0 Å². The van der Waals surface area contributed by atoms with Gasteiger partial charge in [-0.25, -0.2) is 0 Å². The quantitative estimate of drug-likeness (QED) is 0.371. The molecule has 28 heavy (non-hydrogen) atoms. The molecule has 0 saturated heterocycles. The van der Waals surface area contributed by atoms with Crippen LogP contribution in [0.4, 0.5) is 11.5 Å². The maximum atomic E-state index is 6.03. The molecule has 134 valence electrons. The van der Waals surface area contributed by atoms with Gasteiger partial charge in [0.15, 0.2) is 5.82 Å².